The largest absolute Gasteiger partial charge is 0.389 e. The molecule has 4 nitrogen and oxygen atoms in total. The number of fused-ring (bicyclic) bond motifs is 1. The number of amides is 1. The van der Waals surface area contributed by atoms with Gasteiger partial charge in [-0.25, -0.2) is 4.98 Å². The van der Waals surface area contributed by atoms with Crippen LogP contribution in [0.25, 0.3) is 10.6 Å². The van der Waals surface area contributed by atoms with Gasteiger partial charge in [0.05, 0.1) is 17.7 Å². The first-order chi connectivity index (χ1) is 12.5. The molecule has 1 saturated heterocycles. The van der Waals surface area contributed by atoms with Crippen molar-refractivity contribution >= 4 is 17.2 Å². The van der Waals surface area contributed by atoms with Crippen LogP contribution in [0, 0.1) is 12.8 Å². The molecule has 1 aliphatic heterocycles. The zero-order chi connectivity index (χ0) is 18.1. The molecule has 1 amide bonds. The molecule has 26 heavy (non-hydrogen) atoms. The van der Waals surface area contributed by atoms with Crippen molar-refractivity contribution in [3.8, 4) is 10.6 Å². The lowest BCUT2D eigenvalue weighted by Gasteiger charge is -2.47. The molecule has 1 aromatic heterocycles. The molecule has 0 spiro atoms. The lowest BCUT2D eigenvalue weighted by molar-refractivity contribution is -0.142. The second kappa shape index (κ2) is 7.12. The van der Waals surface area contributed by atoms with Gasteiger partial charge in [0.2, 0.25) is 5.91 Å². The van der Waals surface area contributed by atoms with E-state index in [1.165, 1.54) is 12.0 Å². The molecule has 1 aromatic carbocycles. The van der Waals surface area contributed by atoms with E-state index in [0.29, 0.717) is 19.5 Å². The topological polar surface area (TPSA) is 53.4 Å². The number of hydrogen-bond donors (Lipinski definition) is 1. The third-order valence-electron chi connectivity index (χ3n) is 5.93. The third kappa shape index (κ3) is 3.55. The Bertz CT molecular complexity index is 803. The van der Waals surface area contributed by atoms with Crippen molar-refractivity contribution in [2.24, 2.45) is 5.92 Å². The van der Waals surface area contributed by atoms with E-state index < -0.39 is 5.60 Å². The van der Waals surface area contributed by atoms with Gasteiger partial charge >= 0.3 is 0 Å². The molecule has 0 unspecified atom stereocenters. The number of piperidine rings is 1. The predicted molar refractivity (Wildman–Crippen MR) is 104 cm³/mol. The van der Waals surface area contributed by atoms with Crippen LogP contribution in [0.15, 0.2) is 29.6 Å². The van der Waals surface area contributed by atoms with E-state index in [4.69, 9.17) is 0 Å². The average Bonchev–Trinajstić information content (AvgIpc) is 3.09. The number of aliphatic hydroxyl groups is 1. The number of likely N-dealkylation sites (tertiary alicyclic amines) is 1. The third-order valence-corrected chi connectivity index (χ3v) is 6.87. The minimum absolute atomic E-state index is 0.138. The zero-order valence-electron chi connectivity index (χ0n) is 15.3. The van der Waals surface area contributed by atoms with Crippen LogP contribution in [0.1, 0.15) is 43.4 Å². The van der Waals surface area contributed by atoms with Crippen molar-refractivity contribution in [1.82, 2.24) is 9.88 Å². The van der Waals surface area contributed by atoms with E-state index in [0.717, 1.165) is 41.9 Å². The maximum atomic E-state index is 12.8. The van der Waals surface area contributed by atoms with Crippen molar-refractivity contribution < 1.29 is 9.90 Å². The minimum atomic E-state index is -0.534. The van der Waals surface area contributed by atoms with Crippen molar-refractivity contribution in [2.45, 2.75) is 51.0 Å². The minimum Gasteiger partial charge on any atom is -0.389 e. The van der Waals surface area contributed by atoms with Crippen LogP contribution < -0.4 is 0 Å². The number of thiazole rings is 1. The molecule has 1 N–H and O–H groups in total. The number of hydrogen-bond acceptors (Lipinski definition) is 4. The van der Waals surface area contributed by atoms with Crippen LogP contribution in [-0.2, 0) is 11.2 Å². The van der Waals surface area contributed by atoms with E-state index in [9.17, 15) is 9.90 Å². The Morgan fingerprint density at radius 2 is 2.27 bits per heavy atom. The van der Waals surface area contributed by atoms with E-state index >= 15 is 0 Å². The summed E-state index contributed by atoms with van der Waals surface area (Å²) in [6.45, 7) is 3.44. The monoisotopic (exact) mass is 370 g/mol. The van der Waals surface area contributed by atoms with Gasteiger partial charge in [0.1, 0.15) is 5.01 Å². The number of aryl methyl sites for hydroxylation is 1. The number of aromatic nitrogens is 1. The molecule has 2 heterocycles. The maximum Gasteiger partial charge on any atom is 0.228 e. The normalized spacial score (nSPS) is 25.8. The van der Waals surface area contributed by atoms with E-state index in [2.05, 4.69) is 30.1 Å². The summed E-state index contributed by atoms with van der Waals surface area (Å²) in [5.41, 5.74) is 2.64. The van der Waals surface area contributed by atoms with Gasteiger partial charge in [-0.2, -0.15) is 0 Å². The van der Waals surface area contributed by atoms with Gasteiger partial charge < -0.3 is 10.0 Å². The van der Waals surface area contributed by atoms with Gasteiger partial charge in [-0.15, -0.1) is 11.3 Å². The zero-order valence-corrected chi connectivity index (χ0v) is 16.1. The van der Waals surface area contributed by atoms with Gasteiger partial charge in [0, 0.05) is 30.0 Å². The Hall–Kier alpha value is -1.72. The summed E-state index contributed by atoms with van der Waals surface area (Å²) in [6.07, 6.45) is 5.28. The summed E-state index contributed by atoms with van der Waals surface area (Å²) >= 11 is 1.60. The van der Waals surface area contributed by atoms with E-state index in [1.54, 1.807) is 11.3 Å². The van der Waals surface area contributed by atoms with Crippen LogP contribution in [0.4, 0.5) is 0 Å². The van der Waals surface area contributed by atoms with Crippen molar-refractivity contribution in [3.63, 3.8) is 0 Å². The van der Waals surface area contributed by atoms with Gasteiger partial charge in [-0.1, -0.05) is 36.6 Å². The van der Waals surface area contributed by atoms with Crippen molar-refractivity contribution in [3.05, 3.63) is 40.9 Å². The molecule has 2 atom stereocenters. The molecule has 2 fully saturated rings. The summed E-state index contributed by atoms with van der Waals surface area (Å²) in [5, 5.41) is 13.7. The fraction of sp³-hybridized carbons (Fsp3) is 0.524. The second-order valence-corrected chi connectivity index (χ2v) is 8.68. The average molecular weight is 371 g/mol. The number of carbonyl (C=O) groups is 1. The molecule has 0 radical (unpaired) electrons. The summed E-state index contributed by atoms with van der Waals surface area (Å²) in [6, 6.07) is 8.30. The molecule has 2 aromatic rings. The lowest BCUT2D eigenvalue weighted by Crippen LogP contribution is -2.54. The molecule has 2 aliphatic rings. The molecular weight excluding hydrogens is 344 g/mol. The second-order valence-electron chi connectivity index (χ2n) is 7.83. The predicted octanol–water partition coefficient (Wildman–Crippen LogP) is 3.81. The molecular formula is C21H26N2O2S. The standard InChI is InChI=1S/C21H26N2O2S/c1-15-5-4-6-16(11-15)20-22-18(14-26-20)12-19(24)23-10-9-21(25)8-3-2-7-17(21)13-23/h4-6,11,14,17,25H,2-3,7-10,12-13H2,1H3/t17-,21+/m0/s1. The van der Waals surface area contributed by atoms with Crippen LogP contribution in [-0.4, -0.2) is 39.6 Å². The number of nitrogens with zero attached hydrogens (tertiary/aromatic N) is 2. The highest BCUT2D eigenvalue weighted by molar-refractivity contribution is 7.13. The molecule has 1 saturated carbocycles. The Kier molecular flexibility index (Phi) is 4.84. The summed E-state index contributed by atoms with van der Waals surface area (Å²) < 4.78 is 0. The van der Waals surface area contributed by atoms with Gasteiger partial charge in [-0.05, 0) is 32.3 Å². The molecule has 1 aliphatic carbocycles. The Balaban J connectivity index is 1.41. The molecule has 5 heteroatoms. The number of benzene rings is 1. The summed E-state index contributed by atoms with van der Waals surface area (Å²) in [7, 11) is 0. The van der Waals surface area contributed by atoms with Crippen LogP contribution in [0.3, 0.4) is 0 Å². The first-order valence-corrected chi connectivity index (χ1v) is 10.4. The van der Waals surface area contributed by atoms with Gasteiger partial charge in [-0.3, -0.25) is 4.79 Å². The fourth-order valence-electron chi connectivity index (χ4n) is 4.36. The smallest absolute Gasteiger partial charge is 0.228 e. The van der Waals surface area contributed by atoms with Crippen molar-refractivity contribution in [1.29, 1.82) is 0 Å². The first kappa shape index (κ1) is 17.7. The quantitative estimate of drug-likeness (QED) is 0.894. The maximum absolute atomic E-state index is 12.8. The van der Waals surface area contributed by atoms with E-state index in [-0.39, 0.29) is 11.8 Å². The number of carbonyl (C=O) groups excluding carboxylic acids is 1. The van der Waals surface area contributed by atoms with Gasteiger partial charge in [0.25, 0.3) is 0 Å². The number of rotatable bonds is 3. The highest BCUT2D eigenvalue weighted by Crippen LogP contribution is 2.39. The lowest BCUT2D eigenvalue weighted by atomic mass is 9.71. The Morgan fingerprint density at radius 3 is 3.12 bits per heavy atom. The van der Waals surface area contributed by atoms with Crippen molar-refractivity contribution in [2.75, 3.05) is 13.1 Å². The fourth-order valence-corrected chi connectivity index (χ4v) is 5.18. The van der Waals surface area contributed by atoms with Crippen LogP contribution in [0.5, 0.6) is 0 Å². The van der Waals surface area contributed by atoms with Crippen LogP contribution in [0.2, 0.25) is 0 Å². The Morgan fingerprint density at radius 1 is 1.38 bits per heavy atom. The van der Waals surface area contributed by atoms with E-state index in [1.807, 2.05) is 16.3 Å². The highest BCUT2D eigenvalue weighted by Gasteiger charge is 2.43. The highest BCUT2D eigenvalue weighted by atomic mass is 32.1. The molecule has 0 bridgehead atoms. The molecule has 138 valence electrons. The first-order valence-electron chi connectivity index (χ1n) is 9.55. The molecule has 4 rings (SSSR count). The Labute approximate surface area is 158 Å². The van der Waals surface area contributed by atoms with Gasteiger partial charge in [0.15, 0.2) is 0 Å². The summed E-state index contributed by atoms with van der Waals surface area (Å²) in [5.74, 6) is 0.381. The SMILES string of the molecule is Cc1cccc(-c2nc(CC(=O)N3CC[C@]4(O)CCCC[C@H]4C3)cs2)c1. The van der Waals surface area contributed by atoms with Crippen LogP contribution >= 0.6 is 11.3 Å². The summed E-state index contributed by atoms with van der Waals surface area (Å²) in [4.78, 5) is 19.4.